The quantitative estimate of drug-likeness (QED) is 0.773. The zero-order valence-electron chi connectivity index (χ0n) is 10.8. The Labute approximate surface area is 107 Å². The zero-order chi connectivity index (χ0) is 13.5. The lowest BCUT2D eigenvalue weighted by Crippen LogP contribution is -2.30. The second-order valence-electron chi connectivity index (χ2n) is 4.09. The highest BCUT2D eigenvalue weighted by atomic mass is 19.1. The molecule has 1 aromatic rings. The van der Waals surface area contributed by atoms with Crippen molar-refractivity contribution in [3.05, 3.63) is 29.6 Å². The Morgan fingerprint density at radius 1 is 1.39 bits per heavy atom. The summed E-state index contributed by atoms with van der Waals surface area (Å²) in [5.74, 6) is -0.405. The molecule has 0 fully saturated rings. The number of methoxy groups -OCH3 is 1. The fourth-order valence-electron chi connectivity index (χ4n) is 1.71. The number of hydrogen-bond donors (Lipinski definition) is 2. The molecule has 0 saturated carbocycles. The Bertz CT molecular complexity index is 371. The van der Waals surface area contributed by atoms with Crippen molar-refractivity contribution in [1.29, 1.82) is 0 Å². The molecule has 1 rings (SSSR count). The van der Waals surface area contributed by atoms with Gasteiger partial charge in [0.25, 0.3) is 0 Å². The minimum Gasteiger partial charge on any atom is -0.395 e. The maximum Gasteiger partial charge on any atom is 0.146 e. The van der Waals surface area contributed by atoms with Crippen molar-refractivity contribution in [1.82, 2.24) is 0 Å². The van der Waals surface area contributed by atoms with E-state index in [0.717, 1.165) is 0 Å². The van der Waals surface area contributed by atoms with Crippen molar-refractivity contribution in [3.8, 4) is 0 Å². The van der Waals surface area contributed by atoms with Crippen molar-refractivity contribution >= 4 is 5.69 Å². The molecule has 1 aromatic carbocycles. The number of nitrogens with zero attached hydrogens (tertiary/aromatic N) is 1. The van der Waals surface area contributed by atoms with Crippen LogP contribution in [0.4, 0.5) is 10.1 Å². The fourth-order valence-corrected chi connectivity index (χ4v) is 1.71. The number of hydrogen-bond acceptors (Lipinski definition) is 4. The third-order valence-electron chi connectivity index (χ3n) is 2.73. The summed E-state index contributed by atoms with van der Waals surface area (Å²) >= 11 is 0. The molecule has 0 radical (unpaired) electrons. The van der Waals surface area contributed by atoms with E-state index < -0.39 is 11.9 Å². The zero-order valence-corrected chi connectivity index (χ0v) is 10.8. The normalized spacial score (nSPS) is 12.5. The van der Waals surface area contributed by atoms with Gasteiger partial charge in [-0.1, -0.05) is 6.07 Å². The lowest BCUT2D eigenvalue weighted by Gasteiger charge is -2.24. The van der Waals surface area contributed by atoms with Gasteiger partial charge in [-0.05, 0) is 24.6 Å². The van der Waals surface area contributed by atoms with Crippen LogP contribution in [0.25, 0.3) is 0 Å². The lowest BCUT2D eigenvalue weighted by atomic mass is 10.1. The van der Waals surface area contributed by atoms with Crippen LogP contribution < -0.4 is 4.90 Å². The second-order valence-corrected chi connectivity index (χ2v) is 4.09. The van der Waals surface area contributed by atoms with Crippen molar-refractivity contribution in [2.75, 3.05) is 38.3 Å². The first-order valence-corrected chi connectivity index (χ1v) is 5.92. The largest absolute Gasteiger partial charge is 0.395 e. The average Bonchev–Trinajstić information content (AvgIpc) is 2.34. The Hall–Kier alpha value is -1.17. The van der Waals surface area contributed by atoms with Crippen molar-refractivity contribution in [2.24, 2.45) is 0 Å². The minimum atomic E-state index is -0.696. The summed E-state index contributed by atoms with van der Waals surface area (Å²) in [6.07, 6.45) is -0.696. The van der Waals surface area contributed by atoms with Gasteiger partial charge in [-0.15, -0.1) is 0 Å². The molecule has 0 aromatic heterocycles. The summed E-state index contributed by atoms with van der Waals surface area (Å²) in [4.78, 5) is 1.71. The predicted octanol–water partition coefficient (Wildman–Crippen LogP) is 1.32. The summed E-state index contributed by atoms with van der Waals surface area (Å²) in [7, 11) is 1.57. The third-order valence-corrected chi connectivity index (χ3v) is 2.73. The number of aliphatic hydroxyl groups is 2. The van der Waals surface area contributed by atoms with Crippen LogP contribution in [0, 0.1) is 5.82 Å². The van der Waals surface area contributed by atoms with Gasteiger partial charge in [0, 0.05) is 20.2 Å². The maximum absolute atomic E-state index is 13.9. The van der Waals surface area contributed by atoms with Gasteiger partial charge in [-0.2, -0.15) is 0 Å². The monoisotopic (exact) mass is 257 g/mol. The highest BCUT2D eigenvalue weighted by molar-refractivity contribution is 5.49. The van der Waals surface area contributed by atoms with Gasteiger partial charge in [0.1, 0.15) is 5.82 Å². The topological polar surface area (TPSA) is 52.9 Å². The van der Waals surface area contributed by atoms with Crippen LogP contribution in [0.1, 0.15) is 18.6 Å². The van der Waals surface area contributed by atoms with Crippen LogP contribution in [0.3, 0.4) is 0 Å². The van der Waals surface area contributed by atoms with Gasteiger partial charge in [-0.25, -0.2) is 4.39 Å². The lowest BCUT2D eigenvalue weighted by molar-refractivity contribution is 0.198. The van der Waals surface area contributed by atoms with Crippen molar-refractivity contribution in [2.45, 2.75) is 13.0 Å². The molecule has 2 N–H and O–H groups in total. The molecule has 0 saturated heterocycles. The molecule has 0 amide bonds. The Balaban J connectivity index is 2.90. The smallest absolute Gasteiger partial charge is 0.146 e. The summed E-state index contributed by atoms with van der Waals surface area (Å²) in [5, 5.41) is 18.4. The number of halogens is 1. The highest BCUT2D eigenvalue weighted by Gasteiger charge is 2.13. The summed E-state index contributed by atoms with van der Waals surface area (Å²) < 4.78 is 18.9. The molecule has 1 unspecified atom stereocenters. The highest BCUT2D eigenvalue weighted by Crippen LogP contribution is 2.23. The van der Waals surface area contributed by atoms with Gasteiger partial charge >= 0.3 is 0 Å². The van der Waals surface area contributed by atoms with Crippen LogP contribution in [-0.2, 0) is 4.74 Å². The number of ether oxygens (including phenoxy) is 1. The van der Waals surface area contributed by atoms with Crippen LogP contribution in [0.15, 0.2) is 18.2 Å². The average molecular weight is 257 g/mol. The molecule has 5 heteroatoms. The van der Waals surface area contributed by atoms with Crippen LogP contribution in [0.2, 0.25) is 0 Å². The first kappa shape index (κ1) is 14.9. The van der Waals surface area contributed by atoms with E-state index in [2.05, 4.69) is 0 Å². The van der Waals surface area contributed by atoms with Gasteiger partial charge in [0.2, 0.25) is 0 Å². The Morgan fingerprint density at radius 3 is 2.61 bits per heavy atom. The molecule has 0 spiro atoms. The number of aliphatic hydroxyl groups excluding tert-OH is 2. The maximum atomic E-state index is 13.9. The van der Waals surface area contributed by atoms with E-state index in [0.29, 0.717) is 30.9 Å². The van der Waals surface area contributed by atoms with E-state index in [1.54, 1.807) is 31.1 Å². The molecule has 18 heavy (non-hydrogen) atoms. The van der Waals surface area contributed by atoms with Gasteiger partial charge < -0.3 is 19.8 Å². The fraction of sp³-hybridized carbons (Fsp3) is 0.538. The number of anilines is 1. The Kier molecular flexibility index (Phi) is 6.04. The van der Waals surface area contributed by atoms with E-state index in [4.69, 9.17) is 9.84 Å². The first-order chi connectivity index (χ1) is 8.60. The third kappa shape index (κ3) is 3.94. The molecule has 4 nitrogen and oxygen atoms in total. The van der Waals surface area contributed by atoms with E-state index >= 15 is 0 Å². The molecule has 0 bridgehead atoms. The van der Waals surface area contributed by atoms with Crippen molar-refractivity contribution in [3.63, 3.8) is 0 Å². The summed E-state index contributed by atoms with van der Waals surface area (Å²) in [6, 6.07) is 4.61. The first-order valence-electron chi connectivity index (χ1n) is 5.92. The molecular weight excluding hydrogens is 237 g/mol. The van der Waals surface area contributed by atoms with E-state index in [1.807, 2.05) is 0 Å². The van der Waals surface area contributed by atoms with Gasteiger partial charge in [0.05, 0.1) is 25.0 Å². The van der Waals surface area contributed by atoms with E-state index in [1.165, 1.54) is 6.07 Å². The second kappa shape index (κ2) is 7.31. The van der Waals surface area contributed by atoms with Crippen molar-refractivity contribution < 1.29 is 19.3 Å². The minimum absolute atomic E-state index is 0.0543. The van der Waals surface area contributed by atoms with Crippen LogP contribution in [0.5, 0.6) is 0 Å². The molecule has 102 valence electrons. The molecule has 0 aliphatic rings. The number of rotatable bonds is 7. The standard InChI is InChI=1S/C13H20FNO3/c1-10(17)11-3-4-13(12(14)9-11)15(5-7-16)6-8-18-2/h3-4,9-10,16-17H,5-8H2,1-2H3. The van der Waals surface area contributed by atoms with Gasteiger partial charge in [-0.3, -0.25) is 0 Å². The van der Waals surface area contributed by atoms with E-state index in [9.17, 15) is 9.50 Å². The molecule has 1 atom stereocenters. The molecule has 0 aliphatic heterocycles. The molecular formula is C13H20FNO3. The van der Waals surface area contributed by atoms with Gasteiger partial charge in [0.15, 0.2) is 0 Å². The predicted molar refractivity (Wildman–Crippen MR) is 68.2 cm³/mol. The van der Waals surface area contributed by atoms with Crippen LogP contribution >= 0.6 is 0 Å². The van der Waals surface area contributed by atoms with E-state index in [-0.39, 0.29) is 6.61 Å². The molecule has 0 aliphatic carbocycles. The SMILES string of the molecule is COCCN(CCO)c1ccc(C(C)O)cc1F. The van der Waals surface area contributed by atoms with Crippen LogP contribution in [-0.4, -0.2) is 43.6 Å². The summed E-state index contributed by atoms with van der Waals surface area (Å²) in [6.45, 7) is 2.83. The summed E-state index contributed by atoms with van der Waals surface area (Å²) in [5.41, 5.74) is 0.942. The Morgan fingerprint density at radius 2 is 2.11 bits per heavy atom. The number of benzene rings is 1. The molecule has 0 heterocycles.